The van der Waals surface area contributed by atoms with Crippen LogP contribution in [0, 0.1) is 11.2 Å². The van der Waals surface area contributed by atoms with Gasteiger partial charge in [-0.1, -0.05) is 12.1 Å². The van der Waals surface area contributed by atoms with Gasteiger partial charge in [0.05, 0.1) is 0 Å². The molecule has 0 saturated heterocycles. The quantitative estimate of drug-likeness (QED) is 0.583. The summed E-state index contributed by atoms with van der Waals surface area (Å²) in [6, 6.07) is 10.6. The molecule has 98 valence electrons. The van der Waals surface area contributed by atoms with Gasteiger partial charge in [-0.15, -0.1) is 0 Å². The van der Waals surface area contributed by atoms with Crippen molar-refractivity contribution in [3.05, 3.63) is 59.4 Å². The first-order valence-electron chi connectivity index (χ1n) is 5.61. The number of aromatic hydroxyl groups is 1. The maximum atomic E-state index is 13.7. The van der Waals surface area contributed by atoms with Gasteiger partial charge in [-0.25, -0.2) is 4.39 Å². The zero-order valence-electron chi connectivity index (χ0n) is 10.1. The molecule has 0 aliphatic rings. The van der Waals surface area contributed by atoms with Gasteiger partial charge in [0.25, 0.3) is 0 Å². The monoisotopic (exact) mass is 260 g/mol. The first kappa shape index (κ1) is 12.9. The lowest BCUT2D eigenvalue weighted by molar-refractivity contribution is 0.290. The van der Waals surface area contributed by atoms with Crippen molar-refractivity contribution < 1.29 is 14.2 Å². The van der Waals surface area contributed by atoms with Crippen molar-refractivity contribution in [1.29, 1.82) is 5.41 Å². The SMILES string of the molecule is N=C(N)c1ccc(OCc2ccc(O)cc2)c(F)c1. The van der Waals surface area contributed by atoms with E-state index in [2.05, 4.69) is 0 Å². The van der Waals surface area contributed by atoms with E-state index < -0.39 is 5.82 Å². The van der Waals surface area contributed by atoms with Gasteiger partial charge >= 0.3 is 0 Å². The lowest BCUT2D eigenvalue weighted by atomic mass is 10.2. The molecule has 0 bridgehead atoms. The molecule has 5 heteroatoms. The molecule has 0 heterocycles. The van der Waals surface area contributed by atoms with Gasteiger partial charge in [0.1, 0.15) is 18.2 Å². The summed E-state index contributed by atoms with van der Waals surface area (Å²) in [4.78, 5) is 0. The summed E-state index contributed by atoms with van der Waals surface area (Å²) in [5.41, 5.74) is 6.39. The molecule has 0 aliphatic heterocycles. The van der Waals surface area contributed by atoms with E-state index in [1.807, 2.05) is 0 Å². The van der Waals surface area contributed by atoms with Crippen LogP contribution in [0.1, 0.15) is 11.1 Å². The Labute approximate surface area is 109 Å². The molecule has 0 aliphatic carbocycles. The molecule has 0 fully saturated rings. The zero-order chi connectivity index (χ0) is 13.8. The highest BCUT2D eigenvalue weighted by atomic mass is 19.1. The minimum atomic E-state index is -0.563. The number of amidine groups is 1. The molecular weight excluding hydrogens is 247 g/mol. The fourth-order valence-corrected chi connectivity index (χ4v) is 1.54. The zero-order valence-corrected chi connectivity index (χ0v) is 10.1. The smallest absolute Gasteiger partial charge is 0.165 e. The summed E-state index contributed by atoms with van der Waals surface area (Å²) < 4.78 is 19.0. The predicted molar refractivity (Wildman–Crippen MR) is 69.9 cm³/mol. The largest absolute Gasteiger partial charge is 0.508 e. The average Bonchev–Trinajstić information content (AvgIpc) is 2.39. The number of phenolic OH excluding ortho intramolecular Hbond substituents is 1. The van der Waals surface area contributed by atoms with Crippen LogP contribution in [0.25, 0.3) is 0 Å². The first-order chi connectivity index (χ1) is 9.06. The summed E-state index contributed by atoms with van der Waals surface area (Å²) in [6.07, 6.45) is 0. The fourth-order valence-electron chi connectivity index (χ4n) is 1.54. The number of ether oxygens (including phenoxy) is 1. The van der Waals surface area contributed by atoms with Crippen LogP contribution >= 0.6 is 0 Å². The van der Waals surface area contributed by atoms with Gasteiger partial charge in [-0.2, -0.15) is 0 Å². The molecule has 0 unspecified atom stereocenters. The maximum absolute atomic E-state index is 13.7. The Hall–Kier alpha value is -2.56. The lowest BCUT2D eigenvalue weighted by Crippen LogP contribution is -2.11. The summed E-state index contributed by atoms with van der Waals surface area (Å²) >= 11 is 0. The van der Waals surface area contributed by atoms with Crippen LogP contribution in [-0.2, 0) is 6.61 Å². The molecular formula is C14H13FN2O2. The summed E-state index contributed by atoms with van der Waals surface area (Å²) in [6.45, 7) is 0.191. The second-order valence-electron chi connectivity index (χ2n) is 4.01. The summed E-state index contributed by atoms with van der Waals surface area (Å²) in [7, 11) is 0. The second-order valence-corrected chi connectivity index (χ2v) is 4.01. The molecule has 0 aromatic heterocycles. The first-order valence-corrected chi connectivity index (χ1v) is 5.61. The number of benzene rings is 2. The van der Waals surface area contributed by atoms with E-state index in [1.165, 1.54) is 24.3 Å². The summed E-state index contributed by atoms with van der Waals surface area (Å²) in [5.74, 6) is -0.491. The fraction of sp³-hybridized carbons (Fsp3) is 0.0714. The van der Waals surface area contributed by atoms with E-state index in [4.69, 9.17) is 21.0 Å². The van der Waals surface area contributed by atoms with E-state index >= 15 is 0 Å². The van der Waals surface area contributed by atoms with Crippen LogP contribution < -0.4 is 10.5 Å². The standard InChI is InChI=1S/C14H13FN2O2/c15-12-7-10(14(16)17)3-6-13(12)19-8-9-1-4-11(18)5-2-9/h1-7,18H,8H2,(H3,16,17). The van der Waals surface area contributed by atoms with Crippen LogP contribution in [-0.4, -0.2) is 10.9 Å². The van der Waals surface area contributed by atoms with Crippen molar-refractivity contribution in [3.63, 3.8) is 0 Å². The van der Waals surface area contributed by atoms with Gasteiger partial charge < -0.3 is 15.6 Å². The van der Waals surface area contributed by atoms with E-state index in [0.29, 0.717) is 5.56 Å². The van der Waals surface area contributed by atoms with E-state index in [1.54, 1.807) is 12.1 Å². The van der Waals surface area contributed by atoms with Gasteiger partial charge in [-0.05, 0) is 35.9 Å². The molecule has 0 radical (unpaired) electrons. The van der Waals surface area contributed by atoms with Gasteiger partial charge in [0.15, 0.2) is 11.6 Å². The molecule has 0 saturated carbocycles. The maximum Gasteiger partial charge on any atom is 0.165 e. The number of hydrogen-bond acceptors (Lipinski definition) is 3. The van der Waals surface area contributed by atoms with Gasteiger partial charge in [-0.3, -0.25) is 5.41 Å². The Kier molecular flexibility index (Phi) is 3.66. The third-order valence-electron chi connectivity index (χ3n) is 2.57. The average molecular weight is 260 g/mol. The minimum absolute atomic E-state index is 0.0954. The highest BCUT2D eigenvalue weighted by molar-refractivity contribution is 5.95. The van der Waals surface area contributed by atoms with Crippen molar-refractivity contribution >= 4 is 5.84 Å². The second kappa shape index (κ2) is 5.39. The third-order valence-corrected chi connectivity index (χ3v) is 2.57. The Morgan fingerprint density at radius 2 is 1.89 bits per heavy atom. The number of hydrogen-bond donors (Lipinski definition) is 3. The minimum Gasteiger partial charge on any atom is -0.508 e. The van der Waals surface area contributed by atoms with Crippen LogP contribution in [0.5, 0.6) is 11.5 Å². The molecule has 2 aromatic carbocycles. The highest BCUT2D eigenvalue weighted by Crippen LogP contribution is 2.20. The number of nitrogen functional groups attached to an aromatic ring is 1. The van der Waals surface area contributed by atoms with Gasteiger partial charge in [0, 0.05) is 5.56 Å². The number of halogens is 1. The topological polar surface area (TPSA) is 79.3 Å². The number of nitrogens with two attached hydrogens (primary N) is 1. The molecule has 19 heavy (non-hydrogen) atoms. The molecule has 4 nitrogen and oxygen atoms in total. The molecule has 2 aromatic rings. The molecule has 4 N–H and O–H groups in total. The van der Waals surface area contributed by atoms with Crippen LogP contribution in [0.2, 0.25) is 0 Å². The molecule has 0 atom stereocenters. The number of rotatable bonds is 4. The number of nitrogens with one attached hydrogen (secondary N) is 1. The van der Waals surface area contributed by atoms with Gasteiger partial charge in [0.2, 0.25) is 0 Å². The van der Waals surface area contributed by atoms with Crippen molar-refractivity contribution in [2.24, 2.45) is 5.73 Å². The highest BCUT2D eigenvalue weighted by Gasteiger charge is 2.06. The number of phenols is 1. The van der Waals surface area contributed by atoms with Crippen LogP contribution in [0.3, 0.4) is 0 Å². The lowest BCUT2D eigenvalue weighted by Gasteiger charge is -2.08. The Bertz CT molecular complexity index is 597. The predicted octanol–water partition coefficient (Wildman–Crippen LogP) is 2.39. The Morgan fingerprint density at radius 3 is 2.47 bits per heavy atom. The van der Waals surface area contributed by atoms with Crippen molar-refractivity contribution in [2.45, 2.75) is 6.61 Å². The van der Waals surface area contributed by atoms with E-state index in [0.717, 1.165) is 11.6 Å². The normalized spacial score (nSPS) is 10.2. The van der Waals surface area contributed by atoms with Crippen LogP contribution in [0.15, 0.2) is 42.5 Å². The molecule has 0 amide bonds. The molecule has 0 spiro atoms. The van der Waals surface area contributed by atoms with Crippen molar-refractivity contribution in [2.75, 3.05) is 0 Å². The van der Waals surface area contributed by atoms with Crippen molar-refractivity contribution in [3.8, 4) is 11.5 Å². The van der Waals surface area contributed by atoms with Crippen LogP contribution in [0.4, 0.5) is 4.39 Å². The van der Waals surface area contributed by atoms with E-state index in [-0.39, 0.29) is 23.9 Å². The Morgan fingerprint density at radius 1 is 1.21 bits per heavy atom. The summed E-state index contributed by atoms with van der Waals surface area (Å²) in [5, 5.41) is 16.3. The van der Waals surface area contributed by atoms with E-state index in [9.17, 15) is 4.39 Å². The Balaban J connectivity index is 2.07. The third kappa shape index (κ3) is 3.22. The molecule has 2 rings (SSSR count). The van der Waals surface area contributed by atoms with Crippen molar-refractivity contribution in [1.82, 2.24) is 0 Å².